The summed E-state index contributed by atoms with van der Waals surface area (Å²) in [5.41, 5.74) is 3.82. The van der Waals surface area contributed by atoms with E-state index < -0.39 is 0 Å². The Bertz CT molecular complexity index is 203. The van der Waals surface area contributed by atoms with Crippen LogP contribution in [0.25, 0.3) is 0 Å². The molecule has 1 N–H and O–H groups in total. The Balaban J connectivity index is 0.000000336. The lowest BCUT2D eigenvalue weighted by Gasteiger charge is -2.23. The Hall–Kier alpha value is -0.300. The molecule has 1 aliphatic rings. The van der Waals surface area contributed by atoms with Crippen LogP contribution in [0, 0.1) is 5.41 Å². The van der Waals surface area contributed by atoms with Crippen LogP contribution in [0.3, 0.4) is 0 Å². The molecule has 0 heterocycles. The lowest BCUT2D eigenvalue weighted by atomic mass is 9.81. The van der Waals surface area contributed by atoms with Crippen molar-refractivity contribution in [2.75, 3.05) is 6.61 Å². The monoisotopic (exact) mass is 212 g/mol. The van der Waals surface area contributed by atoms with Crippen LogP contribution in [0.5, 0.6) is 0 Å². The SMILES string of the molecule is CCC1(C)CCC(C)=C1C.CCCCO. The molecule has 1 unspecified atom stereocenters. The van der Waals surface area contributed by atoms with Crippen LogP contribution < -0.4 is 0 Å². The van der Waals surface area contributed by atoms with E-state index in [1.54, 1.807) is 11.1 Å². The number of aliphatic hydroxyl groups excluding tert-OH is 1. The molecular formula is C14H28O. The van der Waals surface area contributed by atoms with Gasteiger partial charge in [-0.2, -0.15) is 0 Å². The van der Waals surface area contributed by atoms with Crippen molar-refractivity contribution in [1.29, 1.82) is 0 Å². The molecule has 90 valence electrons. The van der Waals surface area contributed by atoms with Crippen molar-refractivity contribution in [2.45, 2.75) is 66.7 Å². The van der Waals surface area contributed by atoms with E-state index in [0.717, 1.165) is 12.8 Å². The minimum Gasteiger partial charge on any atom is -0.396 e. The number of unbranched alkanes of at least 4 members (excludes halogenated alkanes) is 1. The second-order valence-corrected chi connectivity index (χ2v) is 4.90. The minimum absolute atomic E-state index is 0.344. The fraction of sp³-hybridized carbons (Fsp3) is 0.857. The molecule has 15 heavy (non-hydrogen) atoms. The van der Waals surface area contributed by atoms with E-state index in [1.807, 2.05) is 0 Å². The first kappa shape index (κ1) is 14.7. The number of allylic oxidation sites excluding steroid dienone is 2. The molecule has 1 atom stereocenters. The van der Waals surface area contributed by atoms with Crippen LogP contribution in [0.15, 0.2) is 11.1 Å². The van der Waals surface area contributed by atoms with E-state index in [4.69, 9.17) is 5.11 Å². The third-order valence-corrected chi connectivity index (χ3v) is 3.89. The van der Waals surface area contributed by atoms with Gasteiger partial charge in [0.2, 0.25) is 0 Å². The van der Waals surface area contributed by atoms with Gasteiger partial charge in [-0.1, -0.05) is 38.3 Å². The lowest BCUT2D eigenvalue weighted by Crippen LogP contribution is -2.11. The third kappa shape index (κ3) is 4.38. The highest BCUT2D eigenvalue weighted by Crippen LogP contribution is 2.44. The van der Waals surface area contributed by atoms with Gasteiger partial charge in [0.25, 0.3) is 0 Å². The van der Waals surface area contributed by atoms with E-state index in [-0.39, 0.29) is 0 Å². The molecule has 0 aliphatic heterocycles. The molecule has 0 bridgehead atoms. The molecule has 0 saturated carbocycles. The van der Waals surface area contributed by atoms with Crippen molar-refractivity contribution in [3.8, 4) is 0 Å². The van der Waals surface area contributed by atoms with Crippen LogP contribution >= 0.6 is 0 Å². The predicted molar refractivity (Wildman–Crippen MR) is 68.0 cm³/mol. The van der Waals surface area contributed by atoms with Crippen molar-refractivity contribution in [3.63, 3.8) is 0 Å². The van der Waals surface area contributed by atoms with Crippen molar-refractivity contribution < 1.29 is 5.11 Å². The number of aliphatic hydroxyl groups is 1. The first-order valence-corrected chi connectivity index (χ1v) is 6.29. The standard InChI is InChI=1S/C10H18.C4H10O/c1-5-10(4)7-6-8(2)9(10)3;1-2-3-4-5/h5-7H2,1-4H3;5H,2-4H2,1H3. The highest BCUT2D eigenvalue weighted by molar-refractivity contribution is 5.23. The summed E-state index contributed by atoms with van der Waals surface area (Å²) in [4.78, 5) is 0. The summed E-state index contributed by atoms with van der Waals surface area (Å²) in [6.07, 6.45) is 6.05. The van der Waals surface area contributed by atoms with Crippen molar-refractivity contribution >= 4 is 0 Å². The number of hydrogen-bond donors (Lipinski definition) is 1. The normalized spacial score (nSPS) is 25.2. The Kier molecular flexibility index (Phi) is 6.91. The van der Waals surface area contributed by atoms with Gasteiger partial charge < -0.3 is 5.11 Å². The maximum absolute atomic E-state index is 8.07. The van der Waals surface area contributed by atoms with Gasteiger partial charge in [-0.3, -0.25) is 0 Å². The van der Waals surface area contributed by atoms with Gasteiger partial charge in [0, 0.05) is 6.61 Å². The summed E-state index contributed by atoms with van der Waals surface area (Å²) in [7, 11) is 0. The Morgan fingerprint density at radius 1 is 1.27 bits per heavy atom. The summed E-state index contributed by atoms with van der Waals surface area (Å²) in [6.45, 7) is 11.6. The Morgan fingerprint density at radius 2 is 1.87 bits per heavy atom. The van der Waals surface area contributed by atoms with E-state index in [9.17, 15) is 0 Å². The molecule has 0 saturated heterocycles. The first-order valence-electron chi connectivity index (χ1n) is 6.29. The molecule has 0 radical (unpaired) electrons. The highest BCUT2D eigenvalue weighted by atomic mass is 16.2. The van der Waals surface area contributed by atoms with Crippen LogP contribution in [0.4, 0.5) is 0 Å². The minimum atomic E-state index is 0.344. The van der Waals surface area contributed by atoms with Gasteiger partial charge in [-0.05, 0) is 44.9 Å². The Morgan fingerprint density at radius 3 is 2.00 bits per heavy atom. The lowest BCUT2D eigenvalue weighted by molar-refractivity contribution is 0.287. The average Bonchev–Trinajstić information content (AvgIpc) is 2.49. The second kappa shape index (κ2) is 7.05. The van der Waals surface area contributed by atoms with Crippen molar-refractivity contribution in [2.24, 2.45) is 5.41 Å². The summed E-state index contributed by atoms with van der Waals surface area (Å²) in [5.74, 6) is 0. The zero-order chi connectivity index (χ0) is 11.9. The summed E-state index contributed by atoms with van der Waals surface area (Å²) in [6, 6.07) is 0. The van der Waals surface area contributed by atoms with Crippen molar-refractivity contribution in [1.82, 2.24) is 0 Å². The van der Waals surface area contributed by atoms with Crippen molar-refractivity contribution in [3.05, 3.63) is 11.1 Å². The predicted octanol–water partition coefficient (Wildman–Crippen LogP) is 4.31. The third-order valence-electron chi connectivity index (χ3n) is 3.89. The molecule has 0 amide bonds. The molecule has 0 fully saturated rings. The largest absolute Gasteiger partial charge is 0.396 e. The van der Waals surface area contributed by atoms with E-state index in [0.29, 0.717) is 12.0 Å². The molecule has 0 aromatic rings. The Labute approximate surface area is 95.6 Å². The fourth-order valence-corrected chi connectivity index (χ4v) is 1.95. The topological polar surface area (TPSA) is 20.2 Å². The maximum atomic E-state index is 8.07. The second-order valence-electron chi connectivity index (χ2n) is 4.90. The van der Waals surface area contributed by atoms with Gasteiger partial charge in [0.1, 0.15) is 0 Å². The summed E-state index contributed by atoms with van der Waals surface area (Å²) in [5, 5.41) is 8.07. The maximum Gasteiger partial charge on any atom is 0.0430 e. The van der Waals surface area contributed by atoms with E-state index >= 15 is 0 Å². The number of rotatable bonds is 3. The van der Waals surface area contributed by atoms with Gasteiger partial charge >= 0.3 is 0 Å². The molecule has 1 aliphatic carbocycles. The summed E-state index contributed by atoms with van der Waals surface area (Å²) >= 11 is 0. The van der Waals surface area contributed by atoms with E-state index in [2.05, 4.69) is 34.6 Å². The van der Waals surface area contributed by atoms with Gasteiger partial charge in [0.15, 0.2) is 0 Å². The summed E-state index contributed by atoms with van der Waals surface area (Å²) < 4.78 is 0. The molecular weight excluding hydrogens is 184 g/mol. The van der Waals surface area contributed by atoms with Crippen LogP contribution in [0.2, 0.25) is 0 Å². The molecule has 0 aromatic heterocycles. The van der Waals surface area contributed by atoms with Gasteiger partial charge in [-0.25, -0.2) is 0 Å². The van der Waals surface area contributed by atoms with Crippen LogP contribution in [-0.4, -0.2) is 11.7 Å². The molecule has 1 nitrogen and oxygen atoms in total. The van der Waals surface area contributed by atoms with Gasteiger partial charge in [-0.15, -0.1) is 0 Å². The molecule has 0 spiro atoms. The van der Waals surface area contributed by atoms with Gasteiger partial charge in [0.05, 0.1) is 0 Å². The zero-order valence-electron chi connectivity index (χ0n) is 11.2. The highest BCUT2D eigenvalue weighted by Gasteiger charge is 2.29. The van der Waals surface area contributed by atoms with E-state index in [1.165, 1.54) is 19.3 Å². The molecule has 1 rings (SSSR count). The quantitative estimate of drug-likeness (QED) is 0.691. The molecule has 0 aromatic carbocycles. The first-order chi connectivity index (χ1) is 7.01. The molecule has 1 heteroatoms. The zero-order valence-corrected chi connectivity index (χ0v) is 11.2. The average molecular weight is 212 g/mol. The number of hydrogen-bond acceptors (Lipinski definition) is 1. The smallest absolute Gasteiger partial charge is 0.0430 e. The fourth-order valence-electron chi connectivity index (χ4n) is 1.95. The van der Waals surface area contributed by atoms with Crippen LogP contribution in [0.1, 0.15) is 66.7 Å². The van der Waals surface area contributed by atoms with Crippen LogP contribution in [-0.2, 0) is 0 Å².